The first-order valence-corrected chi connectivity index (χ1v) is 17.6. The van der Waals surface area contributed by atoms with Gasteiger partial charge in [-0.05, 0) is 68.6 Å². The summed E-state index contributed by atoms with van der Waals surface area (Å²) in [6.07, 6.45) is 3.48. The zero-order valence-corrected chi connectivity index (χ0v) is 31.5. The number of rotatable bonds is 20. The normalized spacial score (nSPS) is 13.3. The highest BCUT2D eigenvalue weighted by molar-refractivity contribution is 6.35. The van der Waals surface area contributed by atoms with Gasteiger partial charge < -0.3 is 40.0 Å². The topological polar surface area (TPSA) is 203 Å². The number of carbonyl (C=O) groups is 2. The van der Waals surface area contributed by atoms with E-state index < -0.39 is 36.2 Å². The number of halogens is 2. The van der Waals surface area contributed by atoms with E-state index in [1.807, 2.05) is 43.3 Å². The number of nitrogens with one attached hydrogen (secondary N) is 2. The third kappa shape index (κ3) is 10.4. The minimum Gasteiger partial charge on any atom is -0.492 e. The lowest BCUT2D eigenvalue weighted by Gasteiger charge is -2.25. The number of pyridine rings is 1. The molecule has 13 nitrogen and oxygen atoms in total. The van der Waals surface area contributed by atoms with E-state index in [0.717, 1.165) is 22.3 Å². The maximum Gasteiger partial charge on any atom is 0.326 e. The van der Waals surface area contributed by atoms with Crippen LogP contribution in [0.5, 0.6) is 17.2 Å². The molecular formula is C39H42Cl2N4O9. The Morgan fingerprint density at radius 2 is 1.50 bits per heavy atom. The smallest absolute Gasteiger partial charge is 0.326 e. The third-order valence-corrected chi connectivity index (χ3v) is 9.54. The number of aliphatic carboxylic acids is 2. The van der Waals surface area contributed by atoms with Crippen molar-refractivity contribution >= 4 is 35.1 Å². The van der Waals surface area contributed by atoms with Crippen molar-refractivity contribution < 1.29 is 44.2 Å². The van der Waals surface area contributed by atoms with Crippen LogP contribution in [0.4, 0.5) is 0 Å². The number of carboxylic acids is 2. The molecule has 1 heterocycles. The van der Waals surface area contributed by atoms with Gasteiger partial charge in [-0.15, -0.1) is 0 Å². The van der Waals surface area contributed by atoms with Crippen LogP contribution in [0.15, 0.2) is 67.0 Å². The minimum atomic E-state index is -1.62. The molecule has 4 rings (SSSR count). The van der Waals surface area contributed by atoms with E-state index in [1.165, 1.54) is 20.0 Å². The molecule has 0 spiro atoms. The molecule has 1 aromatic heterocycles. The highest BCUT2D eigenvalue weighted by Crippen LogP contribution is 2.39. The van der Waals surface area contributed by atoms with E-state index in [2.05, 4.69) is 15.6 Å². The molecular weight excluding hydrogens is 739 g/mol. The fourth-order valence-electron chi connectivity index (χ4n) is 5.17. The van der Waals surface area contributed by atoms with Crippen LogP contribution in [-0.4, -0.2) is 74.8 Å². The SMILES string of the molecule is Cc1c(COc2cc(OCc3cncc(C#N)c3)c(CN[C@](C)(CO)C(=O)O)cc2Cl)cccc1-c1cccc(OCCCN[C@](C)(CO)C(=O)O)c1Cl. The van der Waals surface area contributed by atoms with E-state index in [-0.39, 0.29) is 31.4 Å². The monoisotopic (exact) mass is 780 g/mol. The van der Waals surface area contributed by atoms with Gasteiger partial charge in [0.25, 0.3) is 0 Å². The number of benzene rings is 3. The van der Waals surface area contributed by atoms with E-state index >= 15 is 0 Å². The van der Waals surface area contributed by atoms with E-state index in [0.29, 0.717) is 51.9 Å². The fourth-order valence-corrected chi connectivity index (χ4v) is 5.70. The van der Waals surface area contributed by atoms with E-state index in [1.54, 1.807) is 30.5 Å². The molecule has 0 fully saturated rings. The van der Waals surface area contributed by atoms with Crippen LogP contribution < -0.4 is 24.8 Å². The molecule has 0 amide bonds. The number of carboxylic acid groups (broad SMARTS) is 2. The van der Waals surface area contributed by atoms with Gasteiger partial charge in [-0.25, -0.2) is 0 Å². The highest BCUT2D eigenvalue weighted by Gasteiger charge is 2.32. The van der Waals surface area contributed by atoms with Gasteiger partial charge in [0.2, 0.25) is 0 Å². The zero-order chi connectivity index (χ0) is 39.5. The van der Waals surface area contributed by atoms with Gasteiger partial charge in [0.15, 0.2) is 0 Å². The minimum absolute atomic E-state index is 0.00929. The van der Waals surface area contributed by atoms with Crippen LogP contribution in [0.25, 0.3) is 11.1 Å². The lowest BCUT2D eigenvalue weighted by molar-refractivity contribution is -0.146. The average molecular weight is 782 g/mol. The Bertz CT molecular complexity index is 2010. The molecule has 0 radical (unpaired) electrons. The molecule has 4 aromatic rings. The molecule has 3 aromatic carbocycles. The summed E-state index contributed by atoms with van der Waals surface area (Å²) in [5, 5.41) is 53.7. The van der Waals surface area contributed by atoms with Crippen LogP contribution >= 0.6 is 23.2 Å². The third-order valence-electron chi connectivity index (χ3n) is 8.86. The maximum absolute atomic E-state index is 11.8. The number of nitriles is 1. The first kappa shape index (κ1) is 41.8. The number of aromatic nitrogens is 1. The number of ether oxygens (including phenoxy) is 3. The predicted octanol–water partition coefficient (Wildman–Crippen LogP) is 5.51. The van der Waals surface area contributed by atoms with Crippen LogP contribution in [0.1, 0.15) is 48.1 Å². The van der Waals surface area contributed by atoms with Crippen LogP contribution in [0, 0.1) is 18.3 Å². The second-order valence-electron chi connectivity index (χ2n) is 12.9. The summed E-state index contributed by atoms with van der Waals surface area (Å²) in [7, 11) is 0. The van der Waals surface area contributed by atoms with Crippen LogP contribution in [0.3, 0.4) is 0 Å². The zero-order valence-electron chi connectivity index (χ0n) is 30.0. The van der Waals surface area contributed by atoms with Crippen LogP contribution in [-0.2, 0) is 29.3 Å². The Kier molecular flexibility index (Phi) is 14.6. The Morgan fingerprint density at radius 3 is 2.19 bits per heavy atom. The molecule has 0 aliphatic heterocycles. The number of aliphatic hydroxyl groups excluding tert-OH is 2. The summed E-state index contributed by atoms with van der Waals surface area (Å²) < 4.78 is 18.3. The molecule has 2 atom stereocenters. The average Bonchev–Trinajstić information content (AvgIpc) is 3.16. The predicted molar refractivity (Wildman–Crippen MR) is 202 cm³/mol. The van der Waals surface area contributed by atoms with Crippen molar-refractivity contribution in [2.45, 2.75) is 58.0 Å². The van der Waals surface area contributed by atoms with Crippen molar-refractivity contribution in [3.8, 4) is 34.4 Å². The van der Waals surface area contributed by atoms with Crippen molar-refractivity contribution in [1.82, 2.24) is 15.6 Å². The Balaban J connectivity index is 1.52. The maximum atomic E-state index is 11.8. The van der Waals surface area contributed by atoms with Gasteiger partial charge >= 0.3 is 11.9 Å². The number of hydrogen-bond donors (Lipinski definition) is 6. The number of nitrogens with zero attached hydrogens (tertiary/aromatic N) is 2. The molecule has 15 heteroatoms. The second kappa shape index (κ2) is 18.9. The van der Waals surface area contributed by atoms with Gasteiger partial charge in [0, 0.05) is 41.7 Å². The molecule has 0 aliphatic rings. The summed E-state index contributed by atoms with van der Waals surface area (Å²) in [5.41, 5.74) is 1.77. The number of hydrogen-bond acceptors (Lipinski definition) is 11. The quantitative estimate of drug-likeness (QED) is 0.0613. The van der Waals surface area contributed by atoms with Gasteiger partial charge in [-0.3, -0.25) is 19.9 Å². The largest absolute Gasteiger partial charge is 0.492 e. The van der Waals surface area contributed by atoms with Crippen molar-refractivity contribution in [2.75, 3.05) is 26.4 Å². The Hall–Kier alpha value is -4.94. The molecule has 0 bridgehead atoms. The lowest BCUT2D eigenvalue weighted by Crippen LogP contribution is -2.52. The molecule has 0 aliphatic carbocycles. The Labute approximate surface area is 323 Å². The lowest BCUT2D eigenvalue weighted by atomic mass is 9.96. The van der Waals surface area contributed by atoms with Crippen LogP contribution in [0.2, 0.25) is 10.0 Å². The first-order chi connectivity index (χ1) is 25.7. The molecule has 0 unspecified atom stereocenters. The second-order valence-corrected chi connectivity index (χ2v) is 13.7. The van der Waals surface area contributed by atoms with Crippen molar-refractivity contribution in [3.63, 3.8) is 0 Å². The van der Waals surface area contributed by atoms with Gasteiger partial charge in [-0.1, -0.05) is 53.5 Å². The molecule has 6 N–H and O–H groups in total. The fraction of sp³-hybridized carbons (Fsp3) is 0.333. The Morgan fingerprint density at radius 1 is 0.833 bits per heavy atom. The summed E-state index contributed by atoms with van der Waals surface area (Å²) in [6.45, 7) is 4.23. The molecule has 0 saturated heterocycles. The standard InChI is InChI=1S/C39H42Cl2N4O9/c1-24-27(7-4-8-29(24)30-9-5-10-32(35(30)41)52-12-6-11-44-38(2,22-46)36(48)49)21-54-34-15-33(53-20-26-13-25(16-42)17-43-18-26)28(14-31(34)40)19-45-39(3,23-47)37(50)51/h4-5,7-10,13-15,17-18,44-47H,6,11-12,19-23H2,1-3H3,(H,48,49)(H,50,51)/t38-,39-/m1/s1. The molecule has 0 saturated carbocycles. The van der Waals surface area contributed by atoms with Gasteiger partial charge in [0.05, 0.1) is 35.4 Å². The summed E-state index contributed by atoms with van der Waals surface area (Å²) in [4.78, 5) is 27.3. The van der Waals surface area contributed by atoms with Gasteiger partial charge in [0.1, 0.15) is 47.6 Å². The molecule has 54 heavy (non-hydrogen) atoms. The van der Waals surface area contributed by atoms with E-state index in [9.17, 15) is 35.3 Å². The van der Waals surface area contributed by atoms with Crippen molar-refractivity contribution in [3.05, 3.63) is 105 Å². The van der Waals surface area contributed by atoms with E-state index in [4.69, 9.17) is 37.4 Å². The summed E-state index contributed by atoms with van der Waals surface area (Å²) in [6, 6.07) is 18.1. The summed E-state index contributed by atoms with van der Waals surface area (Å²) in [5.74, 6) is -1.27. The summed E-state index contributed by atoms with van der Waals surface area (Å²) >= 11 is 13.5. The first-order valence-electron chi connectivity index (χ1n) is 16.9. The molecule has 286 valence electrons. The number of aliphatic hydroxyl groups is 2. The highest BCUT2D eigenvalue weighted by atomic mass is 35.5. The van der Waals surface area contributed by atoms with Gasteiger partial charge in [-0.2, -0.15) is 5.26 Å². The van der Waals surface area contributed by atoms with Crippen molar-refractivity contribution in [1.29, 1.82) is 5.26 Å². The van der Waals surface area contributed by atoms with Crippen molar-refractivity contribution in [2.24, 2.45) is 0 Å².